The summed E-state index contributed by atoms with van der Waals surface area (Å²) in [6.07, 6.45) is 0. The Kier molecular flexibility index (Phi) is 3.34. The normalized spacial score (nSPS) is 18.1. The van der Waals surface area contributed by atoms with E-state index in [0.29, 0.717) is 0 Å². The molecule has 1 aliphatic heterocycles. The lowest BCUT2D eigenvalue weighted by molar-refractivity contribution is -0.118. The molecule has 6 rings (SSSR count). The summed E-state index contributed by atoms with van der Waals surface area (Å²) >= 11 is 0. The van der Waals surface area contributed by atoms with Crippen molar-refractivity contribution in [2.24, 2.45) is 0 Å². The van der Waals surface area contributed by atoms with Gasteiger partial charge in [-0.15, -0.1) is 0 Å². The molecule has 0 saturated carbocycles. The van der Waals surface area contributed by atoms with Crippen LogP contribution in [0.15, 0.2) is 72.8 Å². The molecule has 4 nitrogen and oxygen atoms in total. The van der Waals surface area contributed by atoms with Crippen LogP contribution in [0, 0.1) is 13.8 Å². The first-order valence-corrected chi connectivity index (χ1v) is 10.2. The number of aromatic amines is 2. The highest BCUT2D eigenvalue weighted by Gasteiger charge is 2.52. The number of amides is 1. The minimum atomic E-state index is -0.966. The van der Waals surface area contributed by atoms with Crippen molar-refractivity contribution in [1.82, 2.24) is 9.97 Å². The number of rotatable bonds is 2. The summed E-state index contributed by atoms with van der Waals surface area (Å²) in [6.45, 7) is 4.18. The molecule has 0 spiro atoms. The molecule has 1 amide bonds. The molecule has 5 aromatic rings. The van der Waals surface area contributed by atoms with Crippen molar-refractivity contribution in [1.29, 1.82) is 0 Å². The molecule has 4 heteroatoms. The molecule has 0 bridgehead atoms. The molecule has 0 fully saturated rings. The lowest BCUT2D eigenvalue weighted by atomic mass is 9.74. The van der Waals surface area contributed by atoms with Gasteiger partial charge in [-0.1, -0.05) is 48.0 Å². The van der Waals surface area contributed by atoms with Gasteiger partial charge in [0, 0.05) is 39.1 Å². The fourth-order valence-electron chi connectivity index (χ4n) is 5.02. The van der Waals surface area contributed by atoms with Crippen LogP contribution in [0.4, 0.5) is 5.69 Å². The number of carbonyl (C=O) groups is 1. The molecule has 0 saturated heterocycles. The predicted octanol–water partition coefficient (Wildman–Crippen LogP) is 5.55. The SMILES string of the molecule is Cc1ccc2[nH]c(C3(c4[nH]c5ccccc5c4C)C(=O)Nc4ccccc43)cc2c1. The second kappa shape index (κ2) is 5.86. The number of aromatic nitrogens is 2. The van der Waals surface area contributed by atoms with Crippen LogP contribution >= 0.6 is 0 Å². The highest BCUT2D eigenvalue weighted by molar-refractivity contribution is 6.12. The summed E-state index contributed by atoms with van der Waals surface area (Å²) < 4.78 is 0. The van der Waals surface area contributed by atoms with E-state index in [2.05, 4.69) is 71.6 Å². The number of H-pyrrole nitrogens is 2. The quantitative estimate of drug-likeness (QED) is 0.363. The third-order valence-corrected chi connectivity index (χ3v) is 6.44. The van der Waals surface area contributed by atoms with Crippen molar-refractivity contribution in [2.45, 2.75) is 19.3 Å². The average molecular weight is 391 g/mol. The van der Waals surface area contributed by atoms with Gasteiger partial charge in [0.1, 0.15) is 0 Å². The van der Waals surface area contributed by atoms with E-state index >= 15 is 0 Å². The Balaban J connectivity index is 1.75. The van der Waals surface area contributed by atoms with E-state index in [4.69, 9.17) is 0 Å². The van der Waals surface area contributed by atoms with Gasteiger partial charge in [-0.3, -0.25) is 4.79 Å². The van der Waals surface area contributed by atoms with Crippen LogP contribution in [0.1, 0.15) is 28.1 Å². The lowest BCUT2D eigenvalue weighted by Crippen LogP contribution is -2.38. The molecule has 30 heavy (non-hydrogen) atoms. The molecular formula is C26H21N3O. The summed E-state index contributed by atoms with van der Waals surface area (Å²) in [4.78, 5) is 20.9. The van der Waals surface area contributed by atoms with Gasteiger partial charge in [-0.25, -0.2) is 0 Å². The molecular weight excluding hydrogens is 370 g/mol. The van der Waals surface area contributed by atoms with Crippen LogP contribution in [0.25, 0.3) is 21.8 Å². The standard InChI is InChI=1S/C26H21N3O/c1-15-11-12-20-17(13-15)14-23(27-20)26(19-8-4-6-10-22(19)29-25(26)30)24-16(2)18-7-3-5-9-21(18)28-24/h3-14,27-28H,1-2H3,(H,29,30). The second-order valence-electron chi connectivity index (χ2n) is 8.19. The van der Waals surface area contributed by atoms with Crippen molar-refractivity contribution >= 4 is 33.4 Å². The van der Waals surface area contributed by atoms with E-state index < -0.39 is 5.41 Å². The number of aryl methyl sites for hydroxylation is 2. The van der Waals surface area contributed by atoms with Gasteiger partial charge < -0.3 is 15.3 Å². The molecule has 0 radical (unpaired) electrons. The van der Waals surface area contributed by atoms with Gasteiger partial charge >= 0.3 is 0 Å². The second-order valence-corrected chi connectivity index (χ2v) is 8.19. The minimum Gasteiger partial charge on any atom is -0.357 e. The van der Waals surface area contributed by atoms with Gasteiger partial charge in [-0.2, -0.15) is 0 Å². The lowest BCUT2D eigenvalue weighted by Gasteiger charge is -2.27. The van der Waals surface area contributed by atoms with E-state index in [1.807, 2.05) is 30.3 Å². The number of nitrogens with one attached hydrogen (secondary N) is 3. The monoisotopic (exact) mass is 391 g/mol. The fourth-order valence-corrected chi connectivity index (χ4v) is 5.02. The maximum absolute atomic E-state index is 13.8. The number of hydrogen-bond acceptors (Lipinski definition) is 1. The predicted molar refractivity (Wildman–Crippen MR) is 121 cm³/mol. The molecule has 0 aliphatic carbocycles. The Morgan fingerprint density at radius 3 is 2.47 bits per heavy atom. The number of para-hydroxylation sites is 2. The molecule has 1 aliphatic rings. The number of hydrogen-bond donors (Lipinski definition) is 3. The third kappa shape index (κ3) is 2.08. The zero-order chi connectivity index (χ0) is 20.5. The molecule has 3 heterocycles. The summed E-state index contributed by atoms with van der Waals surface area (Å²) in [6, 6.07) is 24.6. The number of anilines is 1. The van der Waals surface area contributed by atoms with Crippen molar-refractivity contribution in [3.63, 3.8) is 0 Å². The summed E-state index contributed by atoms with van der Waals surface area (Å²) in [5.41, 5.74) is 6.99. The maximum atomic E-state index is 13.8. The zero-order valence-electron chi connectivity index (χ0n) is 16.8. The Bertz CT molecular complexity index is 1470. The molecule has 3 aromatic carbocycles. The van der Waals surface area contributed by atoms with Crippen LogP contribution < -0.4 is 5.32 Å². The Morgan fingerprint density at radius 1 is 0.800 bits per heavy atom. The van der Waals surface area contributed by atoms with Crippen LogP contribution in [-0.2, 0) is 10.2 Å². The molecule has 146 valence electrons. The summed E-state index contributed by atoms with van der Waals surface area (Å²) in [5, 5.41) is 5.38. The van der Waals surface area contributed by atoms with E-state index in [1.165, 1.54) is 5.56 Å². The third-order valence-electron chi connectivity index (χ3n) is 6.44. The Morgan fingerprint density at radius 2 is 1.60 bits per heavy atom. The largest absolute Gasteiger partial charge is 0.357 e. The van der Waals surface area contributed by atoms with Crippen molar-refractivity contribution in [3.8, 4) is 0 Å². The number of benzene rings is 3. The Hall–Kier alpha value is -3.79. The van der Waals surface area contributed by atoms with Crippen LogP contribution in [0.5, 0.6) is 0 Å². The number of carbonyl (C=O) groups excluding carboxylic acids is 1. The maximum Gasteiger partial charge on any atom is 0.247 e. The molecule has 2 aromatic heterocycles. The van der Waals surface area contributed by atoms with Gasteiger partial charge in [-0.05, 0) is 55.1 Å². The van der Waals surface area contributed by atoms with Crippen LogP contribution in [-0.4, -0.2) is 15.9 Å². The van der Waals surface area contributed by atoms with E-state index in [0.717, 1.165) is 50.0 Å². The minimum absolute atomic E-state index is 0.0402. The highest BCUT2D eigenvalue weighted by atomic mass is 16.2. The summed E-state index contributed by atoms with van der Waals surface area (Å²) in [5.74, 6) is -0.0402. The van der Waals surface area contributed by atoms with E-state index in [-0.39, 0.29) is 5.91 Å². The zero-order valence-corrected chi connectivity index (χ0v) is 16.8. The van der Waals surface area contributed by atoms with Crippen molar-refractivity contribution in [3.05, 3.63) is 101 Å². The molecule has 1 unspecified atom stereocenters. The van der Waals surface area contributed by atoms with Gasteiger partial charge in [0.05, 0.1) is 0 Å². The average Bonchev–Trinajstić information content (AvgIpc) is 3.40. The van der Waals surface area contributed by atoms with E-state index in [1.54, 1.807) is 0 Å². The van der Waals surface area contributed by atoms with E-state index in [9.17, 15) is 4.79 Å². The summed E-state index contributed by atoms with van der Waals surface area (Å²) in [7, 11) is 0. The number of fused-ring (bicyclic) bond motifs is 3. The van der Waals surface area contributed by atoms with Gasteiger partial charge in [0.15, 0.2) is 5.41 Å². The highest BCUT2D eigenvalue weighted by Crippen LogP contribution is 2.49. The van der Waals surface area contributed by atoms with Crippen molar-refractivity contribution < 1.29 is 4.79 Å². The van der Waals surface area contributed by atoms with Gasteiger partial charge in [0.25, 0.3) is 0 Å². The molecule has 1 atom stereocenters. The van der Waals surface area contributed by atoms with Gasteiger partial charge in [0.2, 0.25) is 5.91 Å². The fraction of sp³-hybridized carbons (Fsp3) is 0.115. The van der Waals surface area contributed by atoms with Crippen LogP contribution in [0.3, 0.4) is 0 Å². The first kappa shape index (κ1) is 17.1. The van der Waals surface area contributed by atoms with Crippen molar-refractivity contribution in [2.75, 3.05) is 5.32 Å². The van der Waals surface area contributed by atoms with Crippen LogP contribution in [0.2, 0.25) is 0 Å². The topological polar surface area (TPSA) is 60.7 Å². The smallest absolute Gasteiger partial charge is 0.247 e. The molecule has 3 N–H and O–H groups in total. The first-order valence-electron chi connectivity index (χ1n) is 10.2. The Labute approximate surface area is 173 Å². The first-order chi connectivity index (χ1) is 14.6.